The summed E-state index contributed by atoms with van der Waals surface area (Å²) in [4.78, 5) is 11.3. The van der Waals surface area contributed by atoms with Gasteiger partial charge in [-0.05, 0) is 0 Å². The molecule has 0 saturated carbocycles. The van der Waals surface area contributed by atoms with Crippen molar-refractivity contribution in [2.75, 3.05) is 0 Å². The fraction of sp³-hybridized carbons (Fsp3) is 0.0526. The Balaban J connectivity index is 2.16. The summed E-state index contributed by atoms with van der Waals surface area (Å²) in [5.41, 5.74) is 0.807. The van der Waals surface area contributed by atoms with Crippen LogP contribution in [-0.2, 0) is 4.79 Å². The van der Waals surface area contributed by atoms with Crippen molar-refractivity contribution in [3.8, 4) is 0 Å². The van der Waals surface area contributed by atoms with Crippen LogP contribution >= 0.6 is 7.92 Å². The molecule has 0 N–H and O–H groups in total. The summed E-state index contributed by atoms with van der Waals surface area (Å²) < 4.78 is 0. The van der Waals surface area contributed by atoms with E-state index >= 15 is 0 Å². The molecule has 104 valence electrons. The van der Waals surface area contributed by atoms with Crippen molar-refractivity contribution in [3.05, 3.63) is 89.8 Å². The van der Waals surface area contributed by atoms with Gasteiger partial charge in [-0.25, -0.2) is 0 Å². The zero-order valence-corrected chi connectivity index (χ0v) is 12.9. The number of carbonyl (C=O) groups excluding carboxylic acids is 1. The molecule has 0 amide bonds. The molecule has 0 bridgehead atoms. The molecular weight excluding hydrogens is 275 g/mol. The molecule has 0 heterocycles. The monoisotopic (exact) mass is 292 g/mol. The molecule has 1 aliphatic carbocycles. The van der Waals surface area contributed by atoms with Crippen molar-refractivity contribution in [1.82, 2.24) is 0 Å². The molecule has 0 atom stereocenters. The van der Waals surface area contributed by atoms with Crippen molar-refractivity contribution in [3.63, 3.8) is 0 Å². The van der Waals surface area contributed by atoms with Crippen LogP contribution in [0.1, 0.15) is 6.42 Å². The molecule has 1 nitrogen and oxygen atoms in total. The number of hydrogen-bond acceptors (Lipinski definition) is 1. The Morgan fingerprint density at radius 2 is 1.43 bits per heavy atom. The molecule has 0 aliphatic heterocycles. The van der Waals surface area contributed by atoms with E-state index in [1.54, 1.807) is 0 Å². The second kappa shape index (κ2) is 6.50. The van der Waals surface area contributed by atoms with Crippen LogP contribution in [0.4, 0.5) is 0 Å². The number of benzene rings is 2. The van der Waals surface area contributed by atoms with E-state index in [0.717, 1.165) is 5.57 Å². The summed E-state index contributed by atoms with van der Waals surface area (Å²) in [6.45, 7) is 0. The quantitative estimate of drug-likeness (QED) is 0.627. The molecule has 2 aromatic carbocycles. The molecule has 2 heteroatoms. The normalized spacial score (nSPS) is 14.4. The van der Waals surface area contributed by atoms with Crippen molar-refractivity contribution in [2.45, 2.75) is 6.42 Å². The Morgan fingerprint density at radius 1 is 0.857 bits per heavy atom. The van der Waals surface area contributed by atoms with E-state index in [-0.39, 0.29) is 0 Å². The SMILES string of the molecule is O=C=C1CC=CC=C1[PH2](c1ccccc1)c1ccccc1. The van der Waals surface area contributed by atoms with Crippen LogP contribution in [0, 0.1) is 0 Å². The molecule has 2 aromatic rings. The second-order valence-electron chi connectivity index (χ2n) is 5.09. The maximum absolute atomic E-state index is 11.3. The van der Waals surface area contributed by atoms with E-state index in [9.17, 15) is 4.79 Å². The fourth-order valence-electron chi connectivity index (χ4n) is 2.79. The Labute approximate surface area is 126 Å². The molecule has 0 aromatic heterocycles. The molecule has 0 fully saturated rings. The Hall–Kier alpha value is -2.20. The molecule has 3 rings (SSSR count). The standard InChI is InChI=1S/C19H17OP/c20-15-16-9-7-8-14-19(16)21(17-10-3-1-4-11-17)18-12-5-2-6-13-18/h1-8,10-14H,9,21H2. The Morgan fingerprint density at radius 3 is 1.95 bits per heavy atom. The van der Waals surface area contributed by atoms with Gasteiger partial charge in [-0.15, -0.1) is 0 Å². The topological polar surface area (TPSA) is 17.1 Å². The zero-order chi connectivity index (χ0) is 14.5. The van der Waals surface area contributed by atoms with Crippen LogP contribution in [0.2, 0.25) is 0 Å². The Kier molecular flexibility index (Phi) is 4.26. The molecule has 0 spiro atoms. The Bertz CT molecular complexity index is 683. The predicted molar refractivity (Wildman–Crippen MR) is 92.9 cm³/mol. The first-order valence-electron chi connectivity index (χ1n) is 7.11. The van der Waals surface area contributed by atoms with E-state index in [2.05, 4.69) is 66.6 Å². The van der Waals surface area contributed by atoms with Crippen LogP contribution in [0.3, 0.4) is 0 Å². The van der Waals surface area contributed by atoms with Gasteiger partial charge in [0.1, 0.15) is 0 Å². The van der Waals surface area contributed by atoms with Crippen LogP contribution < -0.4 is 10.6 Å². The predicted octanol–water partition coefficient (Wildman–Crippen LogP) is 3.19. The van der Waals surface area contributed by atoms with Gasteiger partial charge in [-0.2, -0.15) is 0 Å². The first kappa shape index (κ1) is 13.8. The van der Waals surface area contributed by atoms with Crippen molar-refractivity contribution >= 4 is 24.5 Å². The maximum atomic E-state index is 11.3. The molecule has 0 unspecified atom stereocenters. The number of allylic oxidation sites excluding steroid dienone is 5. The fourth-order valence-corrected chi connectivity index (χ4v) is 5.94. The molecular formula is C19H17OP. The summed E-state index contributed by atoms with van der Waals surface area (Å²) in [7, 11) is -1.60. The molecule has 21 heavy (non-hydrogen) atoms. The van der Waals surface area contributed by atoms with Crippen LogP contribution in [-0.4, -0.2) is 5.94 Å². The third kappa shape index (κ3) is 2.95. The minimum absolute atomic E-state index is 0.693. The van der Waals surface area contributed by atoms with Crippen LogP contribution in [0.15, 0.2) is 89.8 Å². The summed E-state index contributed by atoms with van der Waals surface area (Å²) in [5, 5.41) is 3.85. The van der Waals surface area contributed by atoms with Crippen molar-refractivity contribution in [2.24, 2.45) is 0 Å². The average Bonchev–Trinajstić information content (AvgIpc) is 2.58. The van der Waals surface area contributed by atoms with Gasteiger partial charge in [-0.3, -0.25) is 0 Å². The van der Waals surface area contributed by atoms with Crippen molar-refractivity contribution in [1.29, 1.82) is 0 Å². The summed E-state index contributed by atoms with van der Waals surface area (Å²) in [6, 6.07) is 21.0. The van der Waals surface area contributed by atoms with E-state index < -0.39 is 7.92 Å². The van der Waals surface area contributed by atoms with Gasteiger partial charge in [0.15, 0.2) is 0 Å². The van der Waals surface area contributed by atoms with Crippen molar-refractivity contribution < 1.29 is 4.79 Å². The second-order valence-corrected chi connectivity index (χ2v) is 7.91. The minimum atomic E-state index is -1.60. The van der Waals surface area contributed by atoms with E-state index in [0.29, 0.717) is 6.42 Å². The van der Waals surface area contributed by atoms with Gasteiger partial charge in [0.05, 0.1) is 0 Å². The zero-order valence-electron chi connectivity index (χ0n) is 11.7. The number of hydrogen-bond donors (Lipinski definition) is 0. The summed E-state index contributed by atoms with van der Waals surface area (Å²) >= 11 is 0. The van der Waals surface area contributed by atoms with E-state index in [1.165, 1.54) is 15.9 Å². The first-order valence-corrected chi connectivity index (χ1v) is 8.84. The van der Waals surface area contributed by atoms with Crippen LogP contribution in [0.5, 0.6) is 0 Å². The van der Waals surface area contributed by atoms with E-state index in [4.69, 9.17) is 0 Å². The van der Waals surface area contributed by atoms with Gasteiger partial charge in [0.2, 0.25) is 0 Å². The molecule has 0 saturated heterocycles. The van der Waals surface area contributed by atoms with Gasteiger partial charge in [0.25, 0.3) is 0 Å². The van der Waals surface area contributed by atoms with Crippen LogP contribution in [0.25, 0.3) is 0 Å². The molecule has 1 aliphatic rings. The first-order chi connectivity index (χ1) is 10.4. The van der Waals surface area contributed by atoms with Gasteiger partial charge in [-0.1, -0.05) is 0 Å². The van der Waals surface area contributed by atoms with Gasteiger partial charge >= 0.3 is 125 Å². The van der Waals surface area contributed by atoms with Gasteiger partial charge in [0, 0.05) is 0 Å². The van der Waals surface area contributed by atoms with Gasteiger partial charge < -0.3 is 0 Å². The molecule has 0 radical (unpaired) electrons. The number of rotatable bonds is 3. The average molecular weight is 292 g/mol. The third-order valence-electron chi connectivity index (χ3n) is 3.78. The third-order valence-corrected chi connectivity index (χ3v) is 7.05. The van der Waals surface area contributed by atoms with E-state index in [1.807, 2.05) is 18.2 Å². The summed E-state index contributed by atoms with van der Waals surface area (Å²) in [6.07, 6.45) is 6.87. The summed E-state index contributed by atoms with van der Waals surface area (Å²) in [5.74, 6) is 2.16.